The van der Waals surface area contributed by atoms with Crippen LogP contribution in [0.2, 0.25) is 0 Å². The van der Waals surface area contributed by atoms with Crippen molar-refractivity contribution in [3.8, 4) is 0 Å². The third-order valence-electron chi connectivity index (χ3n) is 3.24. The van der Waals surface area contributed by atoms with Crippen molar-refractivity contribution < 1.29 is 9.18 Å². The third kappa shape index (κ3) is 3.86. The highest BCUT2D eigenvalue weighted by Gasteiger charge is 2.21. The Balaban J connectivity index is 2.09. The van der Waals surface area contributed by atoms with Crippen LogP contribution in [0.1, 0.15) is 26.7 Å². The highest BCUT2D eigenvalue weighted by molar-refractivity contribution is 8.00. The molecule has 0 bridgehead atoms. The molecule has 2 rings (SSSR count). The van der Waals surface area contributed by atoms with Crippen LogP contribution in [0.3, 0.4) is 0 Å². The van der Waals surface area contributed by atoms with E-state index in [-0.39, 0.29) is 11.6 Å². The van der Waals surface area contributed by atoms with Crippen LogP contribution in [0.4, 0.5) is 15.8 Å². The number of hydrogen-bond acceptors (Lipinski definition) is 3. The van der Waals surface area contributed by atoms with E-state index >= 15 is 0 Å². The minimum absolute atomic E-state index is 0.230. The van der Waals surface area contributed by atoms with Gasteiger partial charge >= 0.3 is 0 Å². The number of amides is 1. The molecule has 0 spiro atoms. The maximum absolute atomic E-state index is 13.5. The Kier molecular flexibility index (Phi) is 4.69. The van der Waals surface area contributed by atoms with Crippen LogP contribution in [0.25, 0.3) is 0 Å². The largest absolute Gasteiger partial charge is 0.381 e. The zero-order chi connectivity index (χ0) is 13.8. The Hall–Kier alpha value is -1.23. The molecule has 2 atom stereocenters. The molecule has 1 heterocycles. The quantitative estimate of drug-likeness (QED) is 0.891. The molecule has 1 aliphatic rings. The maximum atomic E-state index is 13.5. The summed E-state index contributed by atoms with van der Waals surface area (Å²) in [6, 6.07) is 5.15. The van der Waals surface area contributed by atoms with E-state index in [0.29, 0.717) is 11.3 Å². The average Bonchev–Trinajstić information content (AvgIpc) is 2.35. The standard InChI is InChI=1S/C14H19FN2OS/c1-9-13(4-3-7-19-9)17-11-5-6-12(15)14(8-11)16-10(2)18/h5-6,8-9,13,17H,3-4,7H2,1-2H3,(H,16,18). The summed E-state index contributed by atoms with van der Waals surface area (Å²) in [6.45, 7) is 3.58. The van der Waals surface area contributed by atoms with Crippen LogP contribution in [-0.4, -0.2) is 23.0 Å². The topological polar surface area (TPSA) is 41.1 Å². The van der Waals surface area contributed by atoms with Gasteiger partial charge in [0.25, 0.3) is 0 Å². The highest BCUT2D eigenvalue weighted by atomic mass is 32.2. The van der Waals surface area contributed by atoms with Crippen LogP contribution in [0.15, 0.2) is 18.2 Å². The number of carbonyl (C=O) groups excluding carboxylic acids is 1. The van der Waals surface area contributed by atoms with Crippen molar-refractivity contribution in [2.45, 2.75) is 38.0 Å². The SMILES string of the molecule is CC(=O)Nc1cc(NC2CCCSC2C)ccc1F. The molecule has 1 aliphatic heterocycles. The van der Waals surface area contributed by atoms with Crippen molar-refractivity contribution in [1.82, 2.24) is 0 Å². The number of benzene rings is 1. The molecule has 0 saturated carbocycles. The van der Waals surface area contributed by atoms with Crippen molar-refractivity contribution in [2.24, 2.45) is 0 Å². The van der Waals surface area contributed by atoms with E-state index in [9.17, 15) is 9.18 Å². The summed E-state index contributed by atoms with van der Waals surface area (Å²) in [7, 11) is 0. The number of hydrogen-bond donors (Lipinski definition) is 2. The number of thioether (sulfide) groups is 1. The van der Waals surface area contributed by atoms with E-state index < -0.39 is 5.82 Å². The fraction of sp³-hybridized carbons (Fsp3) is 0.500. The Morgan fingerprint density at radius 3 is 2.95 bits per heavy atom. The van der Waals surface area contributed by atoms with Crippen molar-refractivity contribution >= 4 is 29.0 Å². The molecule has 1 saturated heterocycles. The van der Waals surface area contributed by atoms with E-state index in [2.05, 4.69) is 17.6 Å². The fourth-order valence-electron chi connectivity index (χ4n) is 2.23. The van der Waals surface area contributed by atoms with Gasteiger partial charge in [-0.25, -0.2) is 4.39 Å². The minimum atomic E-state index is -0.410. The van der Waals surface area contributed by atoms with Gasteiger partial charge in [-0.2, -0.15) is 11.8 Å². The van der Waals surface area contributed by atoms with Gasteiger partial charge in [-0.1, -0.05) is 6.92 Å². The van der Waals surface area contributed by atoms with E-state index in [4.69, 9.17) is 0 Å². The van der Waals surface area contributed by atoms with Crippen LogP contribution < -0.4 is 10.6 Å². The van der Waals surface area contributed by atoms with Gasteiger partial charge < -0.3 is 10.6 Å². The summed E-state index contributed by atoms with van der Waals surface area (Å²) in [5.74, 6) is 0.532. The number of carbonyl (C=O) groups is 1. The van der Waals surface area contributed by atoms with Gasteiger partial charge in [0.15, 0.2) is 0 Å². The lowest BCUT2D eigenvalue weighted by Gasteiger charge is -2.30. The lowest BCUT2D eigenvalue weighted by atomic mass is 10.1. The first-order valence-corrected chi connectivity index (χ1v) is 7.56. The predicted molar refractivity (Wildman–Crippen MR) is 79.3 cm³/mol. The fourth-order valence-corrected chi connectivity index (χ4v) is 3.37. The monoisotopic (exact) mass is 282 g/mol. The molecule has 5 heteroatoms. The van der Waals surface area contributed by atoms with Crippen LogP contribution in [-0.2, 0) is 4.79 Å². The zero-order valence-electron chi connectivity index (χ0n) is 11.2. The molecule has 1 aromatic carbocycles. The average molecular weight is 282 g/mol. The molecule has 1 fully saturated rings. The summed E-state index contributed by atoms with van der Waals surface area (Å²) in [5.41, 5.74) is 1.08. The summed E-state index contributed by atoms with van der Waals surface area (Å²) in [5, 5.41) is 6.48. The lowest BCUT2D eigenvalue weighted by molar-refractivity contribution is -0.114. The molecule has 1 amide bonds. The van der Waals surface area contributed by atoms with Crippen molar-refractivity contribution in [3.63, 3.8) is 0 Å². The molecule has 104 valence electrons. The second kappa shape index (κ2) is 6.28. The maximum Gasteiger partial charge on any atom is 0.221 e. The first kappa shape index (κ1) is 14.2. The molecule has 0 aliphatic carbocycles. The Morgan fingerprint density at radius 1 is 1.47 bits per heavy atom. The Bertz CT molecular complexity index is 467. The van der Waals surface area contributed by atoms with Crippen LogP contribution in [0, 0.1) is 5.82 Å². The third-order valence-corrected chi connectivity index (χ3v) is 4.61. The Labute approximate surface area is 117 Å². The van der Waals surface area contributed by atoms with Gasteiger partial charge in [-0.3, -0.25) is 4.79 Å². The molecule has 2 N–H and O–H groups in total. The first-order valence-electron chi connectivity index (χ1n) is 6.51. The van der Waals surface area contributed by atoms with Crippen LogP contribution >= 0.6 is 11.8 Å². The van der Waals surface area contributed by atoms with E-state index in [1.807, 2.05) is 11.8 Å². The van der Waals surface area contributed by atoms with Gasteiger partial charge in [-0.05, 0) is 36.8 Å². The lowest BCUT2D eigenvalue weighted by Crippen LogP contribution is -2.32. The van der Waals surface area contributed by atoms with Crippen molar-refractivity contribution in [3.05, 3.63) is 24.0 Å². The zero-order valence-corrected chi connectivity index (χ0v) is 12.0. The second-order valence-corrected chi connectivity index (χ2v) is 6.33. The number of rotatable bonds is 3. The highest BCUT2D eigenvalue weighted by Crippen LogP contribution is 2.29. The molecular formula is C14H19FN2OS. The second-order valence-electron chi connectivity index (χ2n) is 4.84. The van der Waals surface area contributed by atoms with Gasteiger partial charge in [0.05, 0.1) is 5.69 Å². The van der Waals surface area contributed by atoms with Crippen LogP contribution in [0.5, 0.6) is 0 Å². The molecular weight excluding hydrogens is 263 g/mol. The molecule has 0 aromatic heterocycles. The molecule has 3 nitrogen and oxygen atoms in total. The van der Waals surface area contributed by atoms with Crippen molar-refractivity contribution in [2.75, 3.05) is 16.4 Å². The van der Waals surface area contributed by atoms with Crippen molar-refractivity contribution in [1.29, 1.82) is 0 Å². The summed E-state index contributed by atoms with van der Waals surface area (Å²) in [6.07, 6.45) is 2.33. The number of nitrogens with one attached hydrogen (secondary N) is 2. The minimum Gasteiger partial charge on any atom is -0.381 e. The summed E-state index contributed by atoms with van der Waals surface area (Å²) >= 11 is 1.96. The van der Waals surface area contributed by atoms with E-state index in [1.54, 1.807) is 12.1 Å². The van der Waals surface area contributed by atoms with Gasteiger partial charge in [0.1, 0.15) is 5.82 Å². The summed E-state index contributed by atoms with van der Waals surface area (Å²) in [4.78, 5) is 11.0. The first-order chi connectivity index (χ1) is 9.06. The van der Waals surface area contributed by atoms with Gasteiger partial charge in [-0.15, -0.1) is 0 Å². The smallest absolute Gasteiger partial charge is 0.221 e. The predicted octanol–water partition coefficient (Wildman–Crippen LogP) is 3.48. The molecule has 19 heavy (non-hydrogen) atoms. The Morgan fingerprint density at radius 2 is 2.26 bits per heavy atom. The number of anilines is 2. The molecule has 2 unspecified atom stereocenters. The molecule has 0 radical (unpaired) electrons. The molecule has 1 aromatic rings. The normalized spacial score (nSPS) is 22.9. The van der Waals surface area contributed by atoms with Gasteiger partial charge in [0.2, 0.25) is 5.91 Å². The van der Waals surface area contributed by atoms with E-state index in [1.165, 1.54) is 25.2 Å². The van der Waals surface area contributed by atoms with Gasteiger partial charge in [0, 0.05) is 23.9 Å². The van der Waals surface area contributed by atoms with E-state index in [0.717, 1.165) is 12.1 Å². The summed E-state index contributed by atoms with van der Waals surface area (Å²) < 4.78 is 13.5. The number of halogens is 1.